The molecule has 0 bridgehead atoms. The summed E-state index contributed by atoms with van der Waals surface area (Å²) in [5.74, 6) is -0.0957. The Bertz CT molecular complexity index is 1210. The van der Waals surface area contributed by atoms with Gasteiger partial charge in [-0.15, -0.1) is 0 Å². The van der Waals surface area contributed by atoms with Gasteiger partial charge in [-0.25, -0.2) is 19.9 Å². The van der Waals surface area contributed by atoms with Crippen LogP contribution < -0.4 is 5.32 Å². The standard InChI is InChI=1S/C24H23F3N6O/c1-15-6-8-17(13-31-22-19(24(25,26)27)5-3-10-30-22)33(14-15)23(34)20-18(9-7-16(2)32-20)21-28-11-4-12-29-21/h3-5,7,9-13,15H,6,8,14H2,1-2H3,(H,30,31)/b17-13+/t15-/m0/s1. The van der Waals surface area contributed by atoms with Gasteiger partial charge in [-0.1, -0.05) is 6.92 Å². The number of hydrogen-bond acceptors (Lipinski definition) is 6. The molecule has 1 aliphatic rings. The van der Waals surface area contributed by atoms with Crippen LogP contribution in [-0.2, 0) is 6.18 Å². The summed E-state index contributed by atoms with van der Waals surface area (Å²) in [5.41, 5.74) is 1.02. The number of likely N-dealkylation sites (tertiary alicyclic amines) is 1. The van der Waals surface area contributed by atoms with Gasteiger partial charge in [-0.2, -0.15) is 13.2 Å². The third-order valence-electron chi connectivity index (χ3n) is 5.51. The van der Waals surface area contributed by atoms with Crippen molar-refractivity contribution in [3.05, 3.63) is 77.8 Å². The third kappa shape index (κ3) is 5.05. The Morgan fingerprint density at radius 2 is 1.85 bits per heavy atom. The zero-order valence-corrected chi connectivity index (χ0v) is 18.7. The molecule has 1 fully saturated rings. The van der Waals surface area contributed by atoms with Gasteiger partial charge in [0.05, 0.1) is 11.1 Å². The van der Waals surface area contributed by atoms with E-state index in [1.807, 2.05) is 6.92 Å². The Hall–Kier alpha value is -3.82. The van der Waals surface area contributed by atoms with E-state index in [4.69, 9.17) is 0 Å². The number of aryl methyl sites for hydroxylation is 1. The van der Waals surface area contributed by atoms with E-state index in [1.54, 1.807) is 42.4 Å². The summed E-state index contributed by atoms with van der Waals surface area (Å²) in [5, 5.41) is 2.67. The predicted octanol–water partition coefficient (Wildman–Crippen LogP) is 5.09. The first-order valence-corrected chi connectivity index (χ1v) is 10.8. The molecule has 176 valence electrons. The SMILES string of the molecule is Cc1ccc(-c2ncccn2)c(C(=O)N2C[C@@H](C)CC/C2=C\Nc2ncccc2C(F)(F)F)n1. The van der Waals surface area contributed by atoms with Crippen molar-refractivity contribution in [3.63, 3.8) is 0 Å². The van der Waals surface area contributed by atoms with Crippen LogP contribution >= 0.6 is 0 Å². The van der Waals surface area contributed by atoms with Crippen molar-refractivity contribution in [2.24, 2.45) is 5.92 Å². The predicted molar refractivity (Wildman–Crippen MR) is 120 cm³/mol. The molecule has 3 aromatic rings. The van der Waals surface area contributed by atoms with Crippen LogP contribution in [0.1, 0.15) is 41.5 Å². The fourth-order valence-corrected chi connectivity index (χ4v) is 3.78. The van der Waals surface area contributed by atoms with E-state index in [-0.39, 0.29) is 23.3 Å². The minimum atomic E-state index is -4.55. The lowest BCUT2D eigenvalue weighted by Crippen LogP contribution is -2.38. The van der Waals surface area contributed by atoms with Crippen LogP contribution in [0.2, 0.25) is 0 Å². The van der Waals surface area contributed by atoms with Crippen LogP contribution in [0.15, 0.2) is 60.8 Å². The summed E-state index contributed by atoms with van der Waals surface area (Å²) in [4.78, 5) is 32.0. The monoisotopic (exact) mass is 468 g/mol. The Labute approximate surface area is 194 Å². The van der Waals surface area contributed by atoms with E-state index < -0.39 is 11.7 Å². The first-order valence-electron chi connectivity index (χ1n) is 10.8. The minimum Gasteiger partial charge on any atom is -0.344 e. The van der Waals surface area contributed by atoms with E-state index in [1.165, 1.54) is 18.5 Å². The summed E-state index contributed by atoms with van der Waals surface area (Å²) < 4.78 is 40.0. The highest BCUT2D eigenvalue weighted by molar-refractivity contribution is 5.99. The van der Waals surface area contributed by atoms with E-state index >= 15 is 0 Å². The Morgan fingerprint density at radius 1 is 1.12 bits per heavy atom. The lowest BCUT2D eigenvalue weighted by Gasteiger charge is -2.33. The van der Waals surface area contributed by atoms with E-state index in [0.717, 1.165) is 12.5 Å². The second-order valence-electron chi connectivity index (χ2n) is 8.16. The van der Waals surface area contributed by atoms with Crippen molar-refractivity contribution in [2.45, 2.75) is 32.9 Å². The van der Waals surface area contributed by atoms with Crippen molar-refractivity contribution < 1.29 is 18.0 Å². The molecule has 0 unspecified atom stereocenters. The summed E-state index contributed by atoms with van der Waals surface area (Å²) >= 11 is 0. The molecular weight excluding hydrogens is 445 g/mol. The van der Waals surface area contributed by atoms with Gasteiger partial charge in [0.1, 0.15) is 11.5 Å². The number of aromatic nitrogens is 4. The molecule has 4 rings (SSSR count). The molecule has 1 N–H and O–H groups in total. The highest BCUT2D eigenvalue weighted by Crippen LogP contribution is 2.34. The number of carbonyl (C=O) groups excluding carboxylic acids is 1. The number of carbonyl (C=O) groups is 1. The Balaban J connectivity index is 1.69. The minimum absolute atomic E-state index is 0.194. The van der Waals surface area contributed by atoms with Crippen LogP contribution in [0.4, 0.5) is 19.0 Å². The van der Waals surface area contributed by atoms with Crippen molar-refractivity contribution in [1.82, 2.24) is 24.8 Å². The second kappa shape index (κ2) is 9.58. The zero-order valence-electron chi connectivity index (χ0n) is 18.7. The lowest BCUT2D eigenvalue weighted by molar-refractivity contribution is -0.137. The largest absolute Gasteiger partial charge is 0.419 e. The molecular formula is C24H23F3N6O. The number of halogens is 3. The molecule has 34 heavy (non-hydrogen) atoms. The lowest BCUT2D eigenvalue weighted by atomic mass is 9.97. The maximum absolute atomic E-state index is 13.7. The highest BCUT2D eigenvalue weighted by atomic mass is 19.4. The van der Waals surface area contributed by atoms with Crippen molar-refractivity contribution in [1.29, 1.82) is 0 Å². The van der Waals surface area contributed by atoms with Gasteiger partial charge in [0.25, 0.3) is 5.91 Å². The molecule has 0 radical (unpaired) electrons. The molecule has 3 aromatic heterocycles. The number of hydrogen-bond donors (Lipinski definition) is 1. The van der Waals surface area contributed by atoms with Gasteiger partial charge >= 0.3 is 6.18 Å². The molecule has 0 aromatic carbocycles. The van der Waals surface area contributed by atoms with E-state index in [2.05, 4.69) is 25.3 Å². The Morgan fingerprint density at radius 3 is 2.59 bits per heavy atom. The first-order chi connectivity index (χ1) is 16.2. The molecule has 1 saturated heterocycles. The molecule has 0 saturated carbocycles. The van der Waals surface area contributed by atoms with Crippen molar-refractivity contribution >= 4 is 11.7 Å². The molecule has 1 amide bonds. The molecule has 10 heteroatoms. The number of piperidine rings is 1. The average Bonchev–Trinajstić information content (AvgIpc) is 2.83. The number of rotatable bonds is 4. The van der Waals surface area contributed by atoms with Gasteiger partial charge in [0.2, 0.25) is 0 Å². The summed E-state index contributed by atoms with van der Waals surface area (Å²) in [7, 11) is 0. The van der Waals surface area contributed by atoms with Crippen LogP contribution in [-0.4, -0.2) is 37.3 Å². The molecule has 1 atom stereocenters. The van der Waals surface area contributed by atoms with Gasteiger partial charge in [-0.3, -0.25) is 4.79 Å². The molecule has 7 nitrogen and oxygen atoms in total. The molecule has 1 aliphatic heterocycles. The van der Waals surface area contributed by atoms with Crippen LogP contribution in [0.3, 0.4) is 0 Å². The average molecular weight is 468 g/mol. The zero-order chi connectivity index (χ0) is 24.3. The van der Waals surface area contributed by atoms with Crippen LogP contribution in [0.5, 0.6) is 0 Å². The number of nitrogens with zero attached hydrogens (tertiary/aromatic N) is 5. The number of pyridine rings is 2. The summed E-state index contributed by atoms with van der Waals surface area (Å²) in [6.07, 6.45) is 2.63. The quantitative estimate of drug-likeness (QED) is 0.575. The normalized spacial score (nSPS) is 17.6. The topological polar surface area (TPSA) is 83.9 Å². The smallest absolute Gasteiger partial charge is 0.344 e. The maximum atomic E-state index is 13.7. The number of anilines is 1. The molecule has 0 spiro atoms. The fourth-order valence-electron chi connectivity index (χ4n) is 3.78. The Kier molecular flexibility index (Phi) is 6.58. The van der Waals surface area contributed by atoms with E-state index in [9.17, 15) is 18.0 Å². The van der Waals surface area contributed by atoms with Gasteiger partial charge in [0, 0.05) is 42.7 Å². The maximum Gasteiger partial charge on any atom is 0.419 e. The number of allylic oxidation sites excluding steroid dienone is 1. The third-order valence-corrected chi connectivity index (χ3v) is 5.51. The van der Waals surface area contributed by atoms with Gasteiger partial charge < -0.3 is 10.2 Å². The van der Waals surface area contributed by atoms with Crippen molar-refractivity contribution in [3.8, 4) is 11.4 Å². The summed E-state index contributed by atoms with van der Waals surface area (Å²) in [6.45, 7) is 4.21. The van der Waals surface area contributed by atoms with E-state index in [0.29, 0.717) is 35.7 Å². The van der Waals surface area contributed by atoms with Gasteiger partial charge in [0.15, 0.2) is 5.82 Å². The number of nitrogens with one attached hydrogen (secondary N) is 1. The van der Waals surface area contributed by atoms with Gasteiger partial charge in [-0.05, 0) is 56.0 Å². The molecule has 4 heterocycles. The summed E-state index contributed by atoms with van der Waals surface area (Å²) in [6, 6.07) is 7.40. The number of amides is 1. The number of alkyl halides is 3. The van der Waals surface area contributed by atoms with Crippen LogP contribution in [0, 0.1) is 12.8 Å². The highest BCUT2D eigenvalue weighted by Gasteiger charge is 2.34. The van der Waals surface area contributed by atoms with Crippen molar-refractivity contribution in [2.75, 3.05) is 11.9 Å². The second-order valence-corrected chi connectivity index (χ2v) is 8.16. The first kappa shape index (κ1) is 23.3. The van der Waals surface area contributed by atoms with Crippen LogP contribution in [0.25, 0.3) is 11.4 Å². The molecule has 0 aliphatic carbocycles. The fraction of sp³-hybridized carbons (Fsp3) is 0.292.